The first kappa shape index (κ1) is 15.6. The number of thiazole rings is 1. The number of aryl methyl sites for hydroxylation is 1. The predicted octanol–water partition coefficient (Wildman–Crippen LogP) is 1.44. The monoisotopic (exact) mass is 286 g/mol. The Morgan fingerprint density at radius 2 is 2.21 bits per heavy atom. The molecule has 106 valence electrons. The molecule has 1 unspecified atom stereocenters. The maximum atomic E-state index is 11.6. The summed E-state index contributed by atoms with van der Waals surface area (Å²) >= 11 is 1.09. The Morgan fingerprint density at radius 1 is 1.53 bits per heavy atom. The molecule has 0 fully saturated rings. The van der Waals surface area contributed by atoms with Crippen molar-refractivity contribution in [2.24, 2.45) is 5.92 Å². The summed E-state index contributed by atoms with van der Waals surface area (Å²) in [5, 5.41) is 12.2. The van der Waals surface area contributed by atoms with Crippen molar-refractivity contribution in [3.63, 3.8) is 0 Å². The Hall–Kier alpha value is -1.47. The number of aromatic carboxylic acids is 1. The van der Waals surface area contributed by atoms with E-state index in [0.717, 1.165) is 11.3 Å². The molecule has 6 nitrogen and oxygen atoms in total. The fraction of sp³-hybridized carbons (Fsp3) is 0.583. The van der Waals surface area contributed by atoms with Crippen molar-refractivity contribution in [2.75, 3.05) is 13.7 Å². The molecule has 0 spiro atoms. The molecule has 0 aromatic carbocycles. The molecule has 2 N–H and O–H groups in total. The van der Waals surface area contributed by atoms with Crippen LogP contribution < -0.4 is 5.32 Å². The summed E-state index contributed by atoms with van der Waals surface area (Å²) in [7, 11) is 1.60. The van der Waals surface area contributed by atoms with E-state index in [1.54, 1.807) is 14.0 Å². The smallest absolute Gasteiger partial charge is 0.347 e. The van der Waals surface area contributed by atoms with Crippen LogP contribution in [0.25, 0.3) is 0 Å². The summed E-state index contributed by atoms with van der Waals surface area (Å²) in [6.07, 6.45) is 0.379. The van der Waals surface area contributed by atoms with Crippen LogP contribution in [0, 0.1) is 12.8 Å². The third kappa shape index (κ3) is 4.96. The van der Waals surface area contributed by atoms with Gasteiger partial charge in [0.05, 0.1) is 12.2 Å². The molecule has 0 aliphatic heterocycles. The van der Waals surface area contributed by atoms with Gasteiger partial charge in [0, 0.05) is 20.1 Å². The first-order valence-electron chi connectivity index (χ1n) is 5.89. The van der Waals surface area contributed by atoms with Gasteiger partial charge in [0.25, 0.3) is 0 Å². The summed E-state index contributed by atoms with van der Waals surface area (Å²) in [4.78, 5) is 26.8. The molecule has 7 heteroatoms. The number of nitrogens with one attached hydrogen (secondary N) is 1. The van der Waals surface area contributed by atoms with Crippen LogP contribution in [0.5, 0.6) is 0 Å². The third-order valence-electron chi connectivity index (χ3n) is 2.46. The van der Waals surface area contributed by atoms with Crippen LogP contribution in [0.4, 0.5) is 0 Å². The van der Waals surface area contributed by atoms with E-state index in [0.29, 0.717) is 23.7 Å². The highest BCUT2D eigenvalue weighted by Gasteiger charge is 2.15. The van der Waals surface area contributed by atoms with Crippen molar-refractivity contribution < 1.29 is 19.4 Å². The molecule has 0 aliphatic rings. The van der Waals surface area contributed by atoms with E-state index in [1.807, 2.05) is 6.92 Å². The van der Waals surface area contributed by atoms with Gasteiger partial charge < -0.3 is 15.2 Å². The Morgan fingerprint density at radius 3 is 2.74 bits per heavy atom. The number of carboxylic acids is 1. The van der Waals surface area contributed by atoms with Crippen molar-refractivity contribution in [3.8, 4) is 0 Å². The average molecular weight is 286 g/mol. The molecule has 1 aromatic heterocycles. The molecular weight excluding hydrogens is 268 g/mol. The van der Waals surface area contributed by atoms with Crippen LogP contribution in [-0.2, 0) is 16.1 Å². The van der Waals surface area contributed by atoms with Gasteiger partial charge >= 0.3 is 5.97 Å². The number of hydrogen-bond acceptors (Lipinski definition) is 5. The van der Waals surface area contributed by atoms with Gasteiger partial charge in [0.15, 0.2) is 0 Å². The summed E-state index contributed by atoms with van der Waals surface area (Å²) < 4.78 is 4.96. The van der Waals surface area contributed by atoms with Gasteiger partial charge in [0.2, 0.25) is 5.91 Å². The van der Waals surface area contributed by atoms with E-state index >= 15 is 0 Å². The van der Waals surface area contributed by atoms with Gasteiger partial charge in [0.1, 0.15) is 9.88 Å². The SMILES string of the molecule is COCC(C)CC(=O)NCc1nc(C)c(C(=O)O)s1. The zero-order valence-corrected chi connectivity index (χ0v) is 12.0. The quantitative estimate of drug-likeness (QED) is 0.791. The summed E-state index contributed by atoms with van der Waals surface area (Å²) in [5.41, 5.74) is 0.481. The predicted molar refractivity (Wildman–Crippen MR) is 71.3 cm³/mol. The van der Waals surface area contributed by atoms with Crippen LogP contribution in [-0.4, -0.2) is 35.7 Å². The highest BCUT2D eigenvalue weighted by molar-refractivity contribution is 7.13. The second-order valence-electron chi connectivity index (χ2n) is 4.37. The number of methoxy groups -OCH3 is 1. The molecule has 0 radical (unpaired) electrons. The van der Waals surface area contributed by atoms with Crippen molar-refractivity contribution in [1.82, 2.24) is 10.3 Å². The van der Waals surface area contributed by atoms with Gasteiger partial charge in [-0.15, -0.1) is 11.3 Å². The maximum Gasteiger partial charge on any atom is 0.347 e. The van der Waals surface area contributed by atoms with Crippen LogP contribution in [0.3, 0.4) is 0 Å². The minimum atomic E-state index is -0.985. The molecule has 0 saturated carbocycles. The number of carbonyl (C=O) groups is 2. The normalized spacial score (nSPS) is 12.2. The minimum absolute atomic E-state index is 0.0886. The lowest BCUT2D eigenvalue weighted by atomic mass is 10.1. The van der Waals surface area contributed by atoms with Crippen molar-refractivity contribution in [1.29, 1.82) is 0 Å². The zero-order valence-electron chi connectivity index (χ0n) is 11.2. The molecule has 1 heterocycles. The highest BCUT2D eigenvalue weighted by Crippen LogP contribution is 2.17. The van der Waals surface area contributed by atoms with Crippen LogP contribution in [0.1, 0.15) is 33.7 Å². The number of hydrogen-bond donors (Lipinski definition) is 2. The van der Waals surface area contributed by atoms with Crippen molar-refractivity contribution >= 4 is 23.2 Å². The number of rotatable bonds is 7. The first-order valence-corrected chi connectivity index (χ1v) is 6.71. The van der Waals surface area contributed by atoms with Crippen LogP contribution >= 0.6 is 11.3 Å². The molecule has 1 amide bonds. The van der Waals surface area contributed by atoms with Gasteiger partial charge in [-0.1, -0.05) is 6.92 Å². The molecule has 1 atom stereocenters. The highest BCUT2D eigenvalue weighted by atomic mass is 32.1. The third-order valence-corrected chi connectivity index (χ3v) is 3.60. The van der Waals surface area contributed by atoms with E-state index in [4.69, 9.17) is 9.84 Å². The Balaban J connectivity index is 2.46. The second-order valence-corrected chi connectivity index (χ2v) is 5.45. The summed E-state index contributed by atoms with van der Waals surface area (Å²) in [6.45, 7) is 4.37. The number of nitrogens with zero attached hydrogens (tertiary/aromatic N) is 1. The molecule has 1 aromatic rings. The lowest BCUT2D eigenvalue weighted by Gasteiger charge is -2.09. The van der Waals surface area contributed by atoms with E-state index in [2.05, 4.69) is 10.3 Å². The van der Waals surface area contributed by atoms with Crippen LogP contribution in [0.15, 0.2) is 0 Å². The largest absolute Gasteiger partial charge is 0.477 e. The molecular formula is C12H18N2O4S. The molecule has 1 rings (SSSR count). The van der Waals surface area contributed by atoms with Crippen molar-refractivity contribution in [3.05, 3.63) is 15.6 Å². The second kappa shape index (κ2) is 7.20. The first-order chi connectivity index (χ1) is 8.93. The number of ether oxygens (including phenoxy) is 1. The standard InChI is InChI=1S/C12H18N2O4S/c1-7(6-18-3)4-9(15)13-5-10-14-8(2)11(19-10)12(16)17/h7H,4-6H2,1-3H3,(H,13,15)(H,16,17). The minimum Gasteiger partial charge on any atom is -0.477 e. The van der Waals surface area contributed by atoms with E-state index < -0.39 is 5.97 Å². The van der Waals surface area contributed by atoms with E-state index in [-0.39, 0.29) is 23.2 Å². The van der Waals surface area contributed by atoms with Gasteiger partial charge in [-0.2, -0.15) is 0 Å². The lowest BCUT2D eigenvalue weighted by Crippen LogP contribution is -2.25. The number of carbonyl (C=O) groups excluding carboxylic acids is 1. The average Bonchev–Trinajstić information content (AvgIpc) is 2.68. The Bertz CT molecular complexity index is 459. The van der Waals surface area contributed by atoms with E-state index in [1.165, 1.54) is 0 Å². The zero-order chi connectivity index (χ0) is 14.4. The molecule has 0 aliphatic carbocycles. The fourth-order valence-electron chi connectivity index (χ4n) is 1.63. The van der Waals surface area contributed by atoms with Gasteiger partial charge in [-0.05, 0) is 12.8 Å². The molecule has 0 saturated heterocycles. The fourth-order valence-corrected chi connectivity index (χ4v) is 2.48. The lowest BCUT2D eigenvalue weighted by molar-refractivity contribution is -0.122. The number of carboxylic acid groups (broad SMARTS) is 1. The van der Waals surface area contributed by atoms with E-state index in [9.17, 15) is 9.59 Å². The summed E-state index contributed by atoms with van der Waals surface area (Å²) in [5.74, 6) is -0.923. The van der Waals surface area contributed by atoms with Crippen molar-refractivity contribution in [2.45, 2.75) is 26.8 Å². The maximum absolute atomic E-state index is 11.6. The summed E-state index contributed by atoms with van der Waals surface area (Å²) in [6, 6.07) is 0. The number of amides is 1. The molecule has 19 heavy (non-hydrogen) atoms. The van der Waals surface area contributed by atoms with Gasteiger partial charge in [-0.25, -0.2) is 9.78 Å². The number of aromatic nitrogens is 1. The topological polar surface area (TPSA) is 88.5 Å². The molecule has 0 bridgehead atoms. The Kier molecular flexibility index (Phi) is 5.91. The van der Waals surface area contributed by atoms with Crippen LogP contribution in [0.2, 0.25) is 0 Å². The Labute approximate surface area is 115 Å². The van der Waals surface area contributed by atoms with Gasteiger partial charge in [-0.3, -0.25) is 4.79 Å².